The number of amides is 1. The number of rotatable bonds is 5. The molecule has 0 saturated carbocycles. The first-order valence-corrected chi connectivity index (χ1v) is 9.77. The second-order valence-electron chi connectivity index (χ2n) is 6.53. The number of fused-ring (bicyclic) bond motifs is 1. The minimum absolute atomic E-state index is 0.251. The number of para-hydroxylation sites is 1. The van der Waals surface area contributed by atoms with Crippen molar-refractivity contribution in [3.05, 3.63) is 106 Å². The van der Waals surface area contributed by atoms with E-state index in [1.54, 1.807) is 24.4 Å². The molecule has 0 fully saturated rings. The van der Waals surface area contributed by atoms with Crippen molar-refractivity contribution in [3.63, 3.8) is 0 Å². The normalized spacial score (nSPS) is 11.2. The Kier molecular flexibility index (Phi) is 5.65. The number of nitrogens with one attached hydrogen (secondary N) is 1. The average Bonchev–Trinajstić information content (AvgIpc) is 3.08. The van der Waals surface area contributed by atoms with Gasteiger partial charge in [0.05, 0.1) is 6.21 Å². The van der Waals surface area contributed by atoms with E-state index in [0.29, 0.717) is 22.2 Å². The largest absolute Gasteiger partial charge is 0.342 e. The van der Waals surface area contributed by atoms with Crippen LogP contribution in [0.15, 0.2) is 84.1 Å². The van der Waals surface area contributed by atoms with Gasteiger partial charge < -0.3 is 4.57 Å². The van der Waals surface area contributed by atoms with Gasteiger partial charge in [0.25, 0.3) is 5.91 Å². The van der Waals surface area contributed by atoms with Gasteiger partial charge in [-0.15, -0.1) is 0 Å². The van der Waals surface area contributed by atoms with Crippen LogP contribution in [-0.4, -0.2) is 16.7 Å². The van der Waals surface area contributed by atoms with E-state index < -0.39 is 0 Å². The van der Waals surface area contributed by atoms with Gasteiger partial charge in [-0.1, -0.05) is 65.7 Å². The van der Waals surface area contributed by atoms with Crippen molar-refractivity contribution in [1.82, 2.24) is 9.99 Å². The van der Waals surface area contributed by atoms with Crippen molar-refractivity contribution in [3.8, 4) is 0 Å². The number of hydrogen-bond acceptors (Lipinski definition) is 2. The first-order chi connectivity index (χ1) is 14.1. The van der Waals surface area contributed by atoms with E-state index >= 15 is 0 Å². The van der Waals surface area contributed by atoms with E-state index in [2.05, 4.69) is 15.1 Å². The Morgan fingerprint density at radius 1 is 1.00 bits per heavy atom. The first-order valence-electron chi connectivity index (χ1n) is 9.02. The van der Waals surface area contributed by atoms with Crippen LogP contribution in [0.1, 0.15) is 21.5 Å². The molecule has 3 aromatic carbocycles. The number of hydrazone groups is 1. The topological polar surface area (TPSA) is 46.4 Å². The number of hydrogen-bond donors (Lipinski definition) is 1. The molecule has 144 valence electrons. The molecule has 0 bridgehead atoms. The summed E-state index contributed by atoms with van der Waals surface area (Å²) in [5.74, 6) is -0.251. The van der Waals surface area contributed by atoms with E-state index in [9.17, 15) is 4.79 Å². The van der Waals surface area contributed by atoms with E-state index in [1.807, 2.05) is 60.8 Å². The Balaban J connectivity index is 1.59. The molecule has 0 atom stereocenters. The van der Waals surface area contributed by atoms with Crippen molar-refractivity contribution in [2.75, 3.05) is 0 Å². The van der Waals surface area contributed by atoms with Gasteiger partial charge in [0.2, 0.25) is 0 Å². The van der Waals surface area contributed by atoms with Crippen molar-refractivity contribution in [1.29, 1.82) is 0 Å². The molecule has 0 radical (unpaired) electrons. The Morgan fingerprint density at radius 3 is 2.55 bits per heavy atom. The number of benzene rings is 3. The predicted molar refractivity (Wildman–Crippen MR) is 119 cm³/mol. The van der Waals surface area contributed by atoms with E-state index in [0.717, 1.165) is 22.0 Å². The zero-order valence-electron chi connectivity index (χ0n) is 15.3. The highest BCUT2D eigenvalue weighted by molar-refractivity contribution is 6.35. The van der Waals surface area contributed by atoms with Crippen molar-refractivity contribution >= 4 is 46.2 Å². The van der Waals surface area contributed by atoms with E-state index in [-0.39, 0.29) is 5.91 Å². The van der Waals surface area contributed by atoms with Crippen molar-refractivity contribution in [2.45, 2.75) is 6.54 Å². The summed E-state index contributed by atoms with van der Waals surface area (Å²) in [5.41, 5.74) is 6.05. The molecule has 4 nitrogen and oxygen atoms in total. The fourth-order valence-electron chi connectivity index (χ4n) is 3.16. The summed E-state index contributed by atoms with van der Waals surface area (Å²) in [5, 5.41) is 6.41. The van der Waals surface area contributed by atoms with Crippen LogP contribution in [0.25, 0.3) is 10.9 Å². The average molecular weight is 422 g/mol. The standard InChI is InChI=1S/C23H17Cl2N3O/c24-19-11-10-17(21(25)12-19)14-28-15-18(20-8-4-5-9-22(20)28)13-26-27-23(29)16-6-2-1-3-7-16/h1-13,15H,14H2,(H,27,29)/b26-13-. The summed E-state index contributed by atoms with van der Waals surface area (Å²) in [4.78, 5) is 12.2. The molecule has 1 amide bonds. The lowest BCUT2D eigenvalue weighted by Gasteiger charge is -2.08. The van der Waals surface area contributed by atoms with Gasteiger partial charge in [-0.2, -0.15) is 5.10 Å². The summed E-state index contributed by atoms with van der Waals surface area (Å²) in [7, 11) is 0. The van der Waals surface area contributed by atoms with Crippen LogP contribution in [0.4, 0.5) is 0 Å². The molecule has 4 rings (SSSR count). The molecular formula is C23H17Cl2N3O. The summed E-state index contributed by atoms with van der Waals surface area (Å²) in [6.45, 7) is 0.598. The predicted octanol–water partition coefficient (Wildman–Crippen LogP) is 5.76. The van der Waals surface area contributed by atoms with E-state index in [4.69, 9.17) is 23.2 Å². The zero-order valence-corrected chi connectivity index (χ0v) is 16.9. The second kappa shape index (κ2) is 8.52. The molecule has 6 heteroatoms. The molecule has 0 unspecified atom stereocenters. The highest BCUT2D eigenvalue weighted by Crippen LogP contribution is 2.25. The van der Waals surface area contributed by atoms with Gasteiger partial charge in [-0.3, -0.25) is 4.79 Å². The van der Waals surface area contributed by atoms with Crippen LogP contribution in [-0.2, 0) is 6.54 Å². The molecule has 0 aliphatic carbocycles. The van der Waals surface area contributed by atoms with Crippen LogP contribution < -0.4 is 5.43 Å². The minimum Gasteiger partial charge on any atom is -0.342 e. The number of aromatic nitrogens is 1. The monoisotopic (exact) mass is 421 g/mol. The molecule has 0 aliphatic rings. The summed E-state index contributed by atoms with van der Waals surface area (Å²) in [6, 6.07) is 22.5. The van der Waals surface area contributed by atoms with Gasteiger partial charge in [-0.05, 0) is 35.9 Å². The number of nitrogens with zero attached hydrogens (tertiary/aromatic N) is 2. The quantitative estimate of drug-likeness (QED) is 0.323. The van der Waals surface area contributed by atoms with Gasteiger partial charge in [-0.25, -0.2) is 5.43 Å². The number of carbonyl (C=O) groups excluding carboxylic acids is 1. The van der Waals surface area contributed by atoms with Gasteiger partial charge in [0.1, 0.15) is 0 Å². The van der Waals surface area contributed by atoms with Crippen molar-refractivity contribution in [2.24, 2.45) is 5.10 Å². The molecular weight excluding hydrogens is 405 g/mol. The van der Waals surface area contributed by atoms with Crippen LogP contribution in [0.2, 0.25) is 10.0 Å². The third-order valence-corrected chi connectivity index (χ3v) is 5.17. The lowest BCUT2D eigenvalue weighted by molar-refractivity contribution is 0.0955. The Bertz CT molecular complexity index is 1200. The lowest BCUT2D eigenvalue weighted by Crippen LogP contribution is -2.17. The van der Waals surface area contributed by atoms with Gasteiger partial charge in [0, 0.05) is 44.8 Å². The first kappa shape index (κ1) is 19.2. The third-order valence-electron chi connectivity index (χ3n) is 4.58. The summed E-state index contributed by atoms with van der Waals surface area (Å²) in [6.07, 6.45) is 3.65. The summed E-state index contributed by atoms with van der Waals surface area (Å²) < 4.78 is 2.10. The van der Waals surface area contributed by atoms with Crippen LogP contribution in [0, 0.1) is 0 Å². The molecule has 0 aliphatic heterocycles. The maximum atomic E-state index is 12.2. The third kappa shape index (κ3) is 4.34. The number of carbonyl (C=O) groups is 1. The van der Waals surface area contributed by atoms with Gasteiger partial charge >= 0.3 is 0 Å². The lowest BCUT2D eigenvalue weighted by atomic mass is 10.2. The van der Waals surface area contributed by atoms with Crippen LogP contribution in [0.5, 0.6) is 0 Å². The molecule has 4 aromatic rings. The maximum absolute atomic E-state index is 12.2. The fourth-order valence-corrected chi connectivity index (χ4v) is 3.63. The fraction of sp³-hybridized carbons (Fsp3) is 0.0435. The van der Waals surface area contributed by atoms with Gasteiger partial charge in [0.15, 0.2) is 0 Å². The Labute approximate surface area is 178 Å². The van der Waals surface area contributed by atoms with Crippen LogP contribution >= 0.6 is 23.2 Å². The van der Waals surface area contributed by atoms with E-state index in [1.165, 1.54) is 0 Å². The molecule has 1 aromatic heterocycles. The molecule has 29 heavy (non-hydrogen) atoms. The molecule has 0 saturated heterocycles. The molecule has 1 N–H and O–H groups in total. The SMILES string of the molecule is O=C(N/N=C\c1cn(Cc2ccc(Cl)cc2Cl)c2ccccc12)c1ccccc1. The number of halogens is 2. The maximum Gasteiger partial charge on any atom is 0.271 e. The Hall–Kier alpha value is -3.08. The van der Waals surface area contributed by atoms with Crippen molar-refractivity contribution < 1.29 is 4.79 Å². The Morgan fingerprint density at radius 2 is 1.76 bits per heavy atom. The second-order valence-corrected chi connectivity index (χ2v) is 7.37. The highest BCUT2D eigenvalue weighted by Gasteiger charge is 2.09. The molecule has 1 heterocycles. The minimum atomic E-state index is -0.251. The summed E-state index contributed by atoms with van der Waals surface area (Å²) >= 11 is 12.3. The zero-order chi connectivity index (χ0) is 20.2. The smallest absolute Gasteiger partial charge is 0.271 e. The highest BCUT2D eigenvalue weighted by atomic mass is 35.5. The molecule has 0 spiro atoms. The van der Waals surface area contributed by atoms with Crippen LogP contribution in [0.3, 0.4) is 0 Å².